The second kappa shape index (κ2) is 5.71. The van der Waals surface area contributed by atoms with Gasteiger partial charge >= 0.3 is 5.97 Å². The fourth-order valence-electron chi connectivity index (χ4n) is 1.55. The minimum atomic E-state index is -0.983. The Morgan fingerprint density at radius 2 is 1.83 bits per heavy atom. The first-order valence-electron chi connectivity index (χ1n) is 5.40. The second-order valence-electron chi connectivity index (χ2n) is 3.71. The highest BCUT2D eigenvalue weighted by Crippen LogP contribution is 2.30. The van der Waals surface area contributed by atoms with Gasteiger partial charge in [0.15, 0.2) is 0 Å². The summed E-state index contributed by atoms with van der Waals surface area (Å²) in [7, 11) is 0. The van der Waals surface area contributed by atoms with Crippen molar-refractivity contribution in [3.05, 3.63) is 59.7 Å². The number of aliphatic hydroxyl groups excluding tert-OH is 1. The Hall–Kier alpha value is -1.78. The lowest BCUT2D eigenvalue weighted by molar-refractivity contribution is 0.0693. The molecule has 0 aromatic heterocycles. The Balaban J connectivity index is 2.35. The SMILES string of the molecule is O=C(O)c1cc(CO)ccc1Sc1ccccc1. The topological polar surface area (TPSA) is 57.5 Å². The lowest BCUT2D eigenvalue weighted by atomic mass is 10.1. The van der Waals surface area contributed by atoms with Gasteiger partial charge in [-0.05, 0) is 29.8 Å². The molecule has 0 bridgehead atoms. The van der Waals surface area contributed by atoms with E-state index in [4.69, 9.17) is 10.2 Å². The molecule has 0 aliphatic carbocycles. The van der Waals surface area contributed by atoms with Crippen molar-refractivity contribution in [1.82, 2.24) is 0 Å². The van der Waals surface area contributed by atoms with E-state index < -0.39 is 5.97 Å². The third kappa shape index (κ3) is 2.91. The Bertz CT molecular complexity index is 552. The number of hydrogen-bond donors (Lipinski definition) is 2. The number of carbonyl (C=O) groups is 1. The molecule has 92 valence electrons. The predicted octanol–water partition coefficient (Wildman–Crippen LogP) is 3.03. The normalized spacial score (nSPS) is 10.3. The van der Waals surface area contributed by atoms with Gasteiger partial charge in [0.25, 0.3) is 0 Å². The first-order chi connectivity index (χ1) is 8.70. The van der Waals surface area contributed by atoms with Gasteiger partial charge in [0, 0.05) is 9.79 Å². The minimum absolute atomic E-state index is 0.156. The molecule has 0 heterocycles. The molecule has 0 atom stereocenters. The van der Waals surface area contributed by atoms with Crippen LogP contribution in [0.2, 0.25) is 0 Å². The maximum Gasteiger partial charge on any atom is 0.336 e. The van der Waals surface area contributed by atoms with Gasteiger partial charge in [0.2, 0.25) is 0 Å². The summed E-state index contributed by atoms with van der Waals surface area (Å²) < 4.78 is 0. The summed E-state index contributed by atoms with van der Waals surface area (Å²) in [5.74, 6) is -0.983. The van der Waals surface area contributed by atoms with Gasteiger partial charge in [-0.1, -0.05) is 36.0 Å². The fourth-order valence-corrected chi connectivity index (χ4v) is 2.49. The zero-order valence-corrected chi connectivity index (χ0v) is 10.4. The quantitative estimate of drug-likeness (QED) is 0.887. The Morgan fingerprint density at radius 3 is 2.44 bits per heavy atom. The van der Waals surface area contributed by atoms with Crippen LogP contribution < -0.4 is 0 Å². The van der Waals surface area contributed by atoms with Crippen molar-refractivity contribution in [3.63, 3.8) is 0 Å². The average molecular weight is 260 g/mol. The summed E-state index contributed by atoms with van der Waals surface area (Å²) in [6.45, 7) is -0.156. The van der Waals surface area contributed by atoms with E-state index in [-0.39, 0.29) is 12.2 Å². The van der Waals surface area contributed by atoms with Gasteiger partial charge in [-0.3, -0.25) is 0 Å². The van der Waals surface area contributed by atoms with Crippen LogP contribution in [0, 0.1) is 0 Å². The Kier molecular flexibility index (Phi) is 4.02. The molecule has 0 saturated heterocycles. The van der Waals surface area contributed by atoms with E-state index in [1.165, 1.54) is 17.8 Å². The van der Waals surface area contributed by atoms with Crippen LogP contribution in [-0.4, -0.2) is 16.2 Å². The number of aromatic carboxylic acids is 1. The van der Waals surface area contributed by atoms with E-state index in [2.05, 4.69) is 0 Å². The van der Waals surface area contributed by atoms with Crippen molar-refractivity contribution in [2.45, 2.75) is 16.4 Å². The molecular formula is C14H12O3S. The molecule has 0 radical (unpaired) electrons. The van der Waals surface area contributed by atoms with Crippen LogP contribution in [0.3, 0.4) is 0 Å². The highest BCUT2D eigenvalue weighted by Gasteiger charge is 2.11. The summed E-state index contributed by atoms with van der Waals surface area (Å²) in [6.07, 6.45) is 0. The van der Waals surface area contributed by atoms with Crippen LogP contribution in [0.1, 0.15) is 15.9 Å². The molecule has 2 N–H and O–H groups in total. The third-order valence-electron chi connectivity index (χ3n) is 2.43. The van der Waals surface area contributed by atoms with Crippen molar-refractivity contribution in [3.8, 4) is 0 Å². The van der Waals surface area contributed by atoms with Gasteiger partial charge in [-0.2, -0.15) is 0 Å². The summed E-state index contributed by atoms with van der Waals surface area (Å²) in [5.41, 5.74) is 0.820. The third-order valence-corrected chi connectivity index (χ3v) is 3.51. The van der Waals surface area contributed by atoms with Gasteiger partial charge in [0.05, 0.1) is 12.2 Å². The minimum Gasteiger partial charge on any atom is -0.478 e. The predicted molar refractivity (Wildman–Crippen MR) is 69.9 cm³/mol. The molecule has 2 aromatic rings. The number of rotatable bonds is 4. The molecule has 2 rings (SSSR count). The second-order valence-corrected chi connectivity index (χ2v) is 4.82. The molecule has 2 aromatic carbocycles. The standard InChI is InChI=1S/C14H12O3S/c15-9-10-6-7-13(12(8-10)14(16)17)18-11-4-2-1-3-5-11/h1-8,15H,9H2,(H,16,17). The number of benzene rings is 2. The maximum atomic E-state index is 11.2. The van der Waals surface area contributed by atoms with E-state index >= 15 is 0 Å². The van der Waals surface area contributed by atoms with E-state index in [1.54, 1.807) is 12.1 Å². The summed E-state index contributed by atoms with van der Waals surface area (Å²) in [4.78, 5) is 12.8. The molecule has 0 amide bonds. The largest absolute Gasteiger partial charge is 0.478 e. The van der Waals surface area contributed by atoms with Crippen molar-refractivity contribution in [2.24, 2.45) is 0 Å². The smallest absolute Gasteiger partial charge is 0.336 e. The van der Waals surface area contributed by atoms with Crippen LogP contribution in [0.4, 0.5) is 0 Å². The van der Waals surface area contributed by atoms with Gasteiger partial charge in [-0.25, -0.2) is 4.79 Å². The molecule has 3 nitrogen and oxygen atoms in total. The molecule has 0 aliphatic heterocycles. The molecule has 0 spiro atoms. The number of carboxylic acids is 1. The van der Waals surface area contributed by atoms with Crippen LogP contribution in [0.15, 0.2) is 58.3 Å². The number of aliphatic hydroxyl groups is 1. The summed E-state index contributed by atoms with van der Waals surface area (Å²) >= 11 is 1.40. The average Bonchev–Trinajstić information content (AvgIpc) is 2.40. The van der Waals surface area contributed by atoms with Crippen LogP contribution in [-0.2, 0) is 6.61 Å². The first kappa shape index (κ1) is 12.7. The first-order valence-corrected chi connectivity index (χ1v) is 6.22. The van der Waals surface area contributed by atoms with Crippen LogP contribution in [0.5, 0.6) is 0 Å². The fraction of sp³-hybridized carbons (Fsp3) is 0.0714. The van der Waals surface area contributed by atoms with Crippen molar-refractivity contribution in [2.75, 3.05) is 0 Å². The van der Waals surface area contributed by atoms with E-state index in [9.17, 15) is 4.79 Å². The highest BCUT2D eigenvalue weighted by molar-refractivity contribution is 7.99. The molecular weight excluding hydrogens is 248 g/mol. The molecule has 18 heavy (non-hydrogen) atoms. The van der Waals surface area contributed by atoms with Gasteiger partial charge in [0.1, 0.15) is 0 Å². The van der Waals surface area contributed by atoms with E-state index in [0.29, 0.717) is 10.5 Å². The number of carboxylic acid groups (broad SMARTS) is 1. The molecule has 0 unspecified atom stereocenters. The maximum absolute atomic E-state index is 11.2. The van der Waals surface area contributed by atoms with Gasteiger partial charge in [-0.15, -0.1) is 0 Å². The van der Waals surface area contributed by atoms with Gasteiger partial charge < -0.3 is 10.2 Å². The highest BCUT2D eigenvalue weighted by atomic mass is 32.2. The van der Waals surface area contributed by atoms with Crippen molar-refractivity contribution < 1.29 is 15.0 Å². The Labute approximate surface area is 109 Å². The lowest BCUT2D eigenvalue weighted by Gasteiger charge is -2.07. The van der Waals surface area contributed by atoms with Crippen molar-refractivity contribution >= 4 is 17.7 Å². The zero-order chi connectivity index (χ0) is 13.0. The van der Waals surface area contributed by atoms with Crippen molar-refractivity contribution in [1.29, 1.82) is 0 Å². The van der Waals surface area contributed by atoms with E-state index in [1.807, 2.05) is 30.3 Å². The van der Waals surface area contributed by atoms with E-state index in [0.717, 1.165) is 4.90 Å². The molecule has 0 aliphatic rings. The van der Waals surface area contributed by atoms with Crippen LogP contribution in [0.25, 0.3) is 0 Å². The number of hydrogen-bond acceptors (Lipinski definition) is 3. The monoisotopic (exact) mass is 260 g/mol. The molecule has 0 saturated carbocycles. The summed E-state index contributed by atoms with van der Waals surface area (Å²) in [6, 6.07) is 14.6. The Morgan fingerprint density at radius 1 is 1.11 bits per heavy atom. The molecule has 0 fully saturated rings. The molecule has 4 heteroatoms. The van der Waals surface area contributed by atoms with Crippen LogP contribution >= 0.6 is 11.8 Å². The summed E-state index contributed by atoms with van der Waals surface area (Å²) in [5, 5.41) is 18.2. The zero-order valence-electron chi connectivity index (χ0n) is 9.54. The lowest BCUT2D eigenvalue weighted by Crippen LogP contribution is -2.00.